The van der Waals surface area contributed by atoms with E-state index in [9.17, 15) is 0 Å². The van der Waals surface area contributed by atoms with Crippen molar-refractivity contribution in [3.05, 3.63) is 58.1 Å². The number of rotatable bonds is 12. The highest BCUT2D eigenvalue weighted by atomic mass is 35.5. The van der Waals surface area contributed by atoms with Gasteiger partial charge in [-0.2, -0.15) is 0 Å². The lowest BCUT2D eigenvalue weighted by molar-refractivity contribution is 0.269. The van der Waals surface area contributed by atoms with Crippen molar-refractivity contribution in [3.8, 4) is 11.5 Å². The van der Waals surface area contributed by atoms with Crippen LogP contribution in [0.1, 0.15) is 56.2 Å². The molecule has 4 heteroatoms. The summed E-state index contributed by atoms with van der Waals surface area (Å²) in [5, 5.41) is 4.18. The van der Waals surface area contributed by atoms with E-state index in [2.05, 4.69) is 37.4 Å². The molecule has 0 unspecified atom stereocenters. The third kappa shape index (κ3) is 7.43. The van der Waals surface area contributed by atoms with Crippen LogP contribution in [0.3, 0.4) is 0 Å². The maximum Gasteiger partial charge on any atom is 0.163 e. The zero-order valence-corrected chi connectivity index (χ0v) is 17.6. The van der Waals surface area contributed by atoms with E-state index in [-0.39, 0.29) is 0 Å². The standard InChI is InChI=1S/C23H32ClNO2/c1-4-6-7-8-12-25-16-20-14-22(26-5-2)23(15-21(20)24)27-17-19-11-9-10-18(3)13-19/h9-11,13-15,25H,4-8,12,16-17H2,1-3H3. The first kappa shape index (κ1) is 21.6. The average molecular weight is 390 g/mol. The van der Waals surface area contributed by atoms with Crippen molar-refractivity contribution in [2.75, 3.05) is 13.2 Å². The molecule has 0 aliphatic rings. The lowest BCUT2D eigenvalue weighted by atomic mass is 10.1. The van der Waals surface area contributed by atoms with Gasteiger partial charge in [-0.1, -0.05) is 67.6 Å². The minimum absolute atomic E-state index is 0.493. The van der Waals surface area contributed by atoms with Crippen molar-refractivity contribution in [2.45, 2.75) is 59.6 Å². The number of aryl methyl sites for hydroxylation is 1. The highest BCUT2D eigenvalue weighted by molar-refractivity contribution is 6.31. The van der Waals surface area contributed by atoms with E-state index in [1.807, 2.05) is 25.1 Å². The van der Waals surface area contributed by atoms with Gasteiger partial charge >= 0.3 is 0 Å². The number of hydrogen-bond acceptors (Lipinski definition) is 3. The Morgan fingerprint density at radius 2 is 1.78 bits per heavy atom. The fourth-order valence-corrected chi connectivity index (χ4v) is 3.18. The van der Waals surface area contributed by atoms with E-state index in [0.29, 0.717) is 24.0 Å². The Morgan fingerprint density at radius 1 is 0.963 bits per heavy atom. The van der Waals surface area contributed by atoms with Gasteiger partial charge in [0.1, 0.15) is 6.61 Å². The van der Waals surface area contributed by atoms with E-state index in [1.165, 1.54) is 31.2 Å². The summed E-state index contributed by atoms with van der Waals surface area (Å²) in [4.78, 5) is 0. The molecule has 0 saturated heterocycles. The molecule has 27 heavy (non-hydrogen) atoms. The largest absolute Gasteiger partial charge is 0.490 e. The van der Waals surface area contributed by atoms with Crippen LogP contribution in [0.25, 0.3) is 0 Å². The molecule has 0 radical (unpaired) electrons. The van der Waals surface area contributed by atoms with Gasteiger partial charge in [-0.3, -0.25) is 0 Å². The molecule has 0 atom stereocenters. The summed E-state index contributed by atoms with van der Waals surface area (Å²) < 4.78 is 11.8. The molecule has 0 aliphatic heterocycles. The molecular weight excluding hydrogens is 358 g/mol. The number of benzene rings is 2. The van der Waals surface area contributed by atoms with Gasteiger partial charge in [-0.25, -0.2) is 0 Å². The summed E-state index contributed by atoms with van der Waals surface area (Å²) in [6.45, 7) is 9.11. The van der Waals surface area contributed by atoms with Gasteiger partial charge < -0.3 is 14.8 Å². The summed E-state index contributed by atoms with van der Waals surface area (Å²) in [6.07, 6.45) is 5.02. The van der Waals surface area contributed by atoms with E-state index >= 15 is 0 Å². The molecule has 0 spiro atoms. The fourth-order valence-electron chi connectivity index (χ4n) is 2.96. The third-order valence-corrected chi connectivity index (χ3v) is 4.76. The fraction of sp³-hybridized carbons (Fsp3) is 0.478. The topological polar surface area (TPSA) is 30.5 Å². The monoisotopic (exact) mass is 389 g/mol. The van der Waals surface area contributed by atoms with E-state index in [1.54, 1.807) is 0 Å². The molecule has 2 aromatic carbocycles. The van der Waals surface area contributed by atoms with Crippen LogP contribution in [0.15, 0.2) is 36.4 Å². The molecule has 0 saturated carbocycles. The van der Waals surface area contributed by atoms with Crippen molar-refractivity contribution >= 4 is 11.6 Å². The first-order valence-electron chi connectivity index (χ1n) is 9.98. The predicted molar refractivity (Wildman–Crippen MR) is 114 cm³/mol. The first-order valence-corrected chi connectivity index (χ1v) is 10.4. The van der Waals surface area contributed by atoms with Crippen molar-refractivity contribution in [3.63, 3.8) is 0 Å². The highest BCUT2D eigenvalue weighted by Gasteiger charge is 2.11. The molecule has 3 nitrogen and oxygen atoms in total. The van der Waals surface area contributed by atoms with Gasteiger partial charge in [-0.15, -0.1) is 0 Å². The summed E-state index contributed by atoms with van der Waals surface area (Å²) in [5.41, 5.74) is 3.39. The lowest BCUT2D eigenvalue weighted by Crippen LogP contribution is -2.15. The van der Waals surface area contributed by atoms with Crippen LogP contribution in [0.2, 0.25) is 5.02 Å². The Hall–Kier alpha value is -1.71. The van der Waals surface area contributed by atoms with Gasteiger partial charge in [0.2, 0.25) is 0 Å². The predicted octanol–water partition coefficient (Wildman–Crippen LogP) is 6.30. The third-order valence-electron chi connectivity index (χ3n) is 4.41. The van der Waals surface area contributed by atoms with E-state index in [4.69, 9.17) is 21.1 Å². The number of hydrogen-bond donors (Lipinski definition) is 1. The molecule has 0 heterocycles. The van der Waals surface area contributed by atoms with Crippen molar-refractivity contribution in [1.82, 2.24) is 5.32 Å². The van der Waals surface area contributed by atoms with Crippen LogP contribution in [0, 0.1) is 6.92 Å². The second-order valence-electron chi connectivity index (χ2n) is 6.84. The van der Waals surface area contributed by atoms with E-state index < -0.39 is 0 Å². The molecule has 0 aromatic heterocycles. The Morgan fingerprint density at radius 3 is 2.52 bits per heavy atom. The van der Waals surface area contributed by atoms with Crippen molar-refractivity contribution < 1.29 is 9.47 Å². The normalized spacial score (nSPS) is 10.8. The molecule has 2 aromatic rings. The maximum atomic E-state index is 6.50. The van der Waals surface area contributed by atoms with Crippen LogP contribution in [-0.4, -0.2) is 13.2 Å². The molecule has 0 bridgehead atoms. The number of halogens is 1. The first-order chi connectivity index (χ1) is 13.1. The van der Waals surface area contributed by atoms with E-state index in [0.717, 1.165) is 30.0 Å². The smallest absolute Gasteiger partial charge is 0.163 e. The quantitative estimate of drug-likeness (QED) is 0.432. The van der Waals surface area contributed by atoms with Gasteiger partial charge in [0.25, 0.3) is 0 Å². The van der Waals surface area contributed by atoms with Crippen LogP contribution >= 0.6 is 11.6 Å². The Kier molecular flexibility index (Phi) is 9.51. The zero-order valence-electron chi connectivity index (χ0n) is 16.8. The molecule has 0 fully saturated rings. The zero-order chi connectivity index (χ0) is 19.5. The van der Waals surface area contributed by atoms with Crippen LogP contribution in [-0.2, 0) is 13.2 Å². The van der Waals surface area contributed by atoms with Crippen LogP contribution < -0.4 is 14.8 Å². The molecule has 0 aliphatic carbocycles. The Labute approximate surface area is 169 Å². The Bertz CT molecular complexity index is 703. The molecule has 0 amide bonds. The summed E-state index contributed by atoms with van der Waals surface area (Å²) >= 11 is 6.50. The van der Waals surface area contributed by atoms with Gasteiger partial charge in [0.05, 0.1) is 6.61 Å². The second-order valence-corrected chi connectivity index (χ2v) is 7.25. The summed E-state index contributed by atoms with van der Waals surface area (Å²) in [6, 6.07) is 12.2. The SMILES string of the molecule is CCCCCCNCc1cc(OCC)c(OCc2cccc(C)c2)cc1Cl. The van der Waals surface area contributed by atoms with Crippen LogP contribution in [0.4, 0.5) is 0 Å². The van der Waals surface area contributed by atoms with Gasteiger partial charge in [0.15, 0.2) is 11.5 Å². The Balaban J connectivity index is 1.99. The summed E-state index contributed by atoms with van der Waals surface area (Å²) in [5.74, 6) is 1.44. The van der Waals surface area contributed by atoms with Crippen LogP contribution in [0.5, 0.6) is 11.5 Å². The maximum absolute atomic E-state index is 6.50. The lowest BCUT2D eigenvalue weighted by Gasteiger charge is -2.15. The molecule has 2 rings (SSSR count). The van der Waals surface area contributed by atoms with Crippen molar-refractivity contribution in [2.24, 2.45) is 0 Å². The number of unbranched alkanes of at least 4 members (excludes halogenated alkanes) is 3. The van der Waals surface area contributed by atoms with Crippen molar-refractivity contribution in [1.29, 1.82) is 0 Å². The number of ether oxygens (including phenoxy) is 2. The van der Waals surface area contributed by atoms with Gasteiger partial charge in [0, 0.05) is 17.6 Å². The van der Waals surface area contributed by atoms with Gasteiger partial charge in [-0.05, 0) is 44.0 Å². The second kappa shape index (κ2) is 11.9. The average Bonchev–Trinajstić information content (AvgIpc) is 2.65. The molecule has 1 N–H and O–H groups in total. The molecule has 148 valence electrons. The molecular formula is C23H32ClNO2. The summed E-state index contributed by atoms with van der Waals surface area (Å²) in [7, 11) is 0. The minimum atomic E-state index is 0.493. The highest BCUT2D eigenvalue weighted by Crippen LogP contribution is 2.34. The minimum Gasteiger partial charge on any atom is -0.490 e. The number of nitrogens with one attached hydrogen (secondary N) is 1.